The molecule has 0 aromatic carbocycles. The van der Waals surface area contributed by atoms with Gasteiger partial charge in [0.25, 0.3) is 0 Å². The van der Waals surface area contributed by atoms with E-state index >= 15 is 0 Å². The molecule has 1 aromatic rings. The summed E-state index contributed by atoms with van der Waals surface area (Å²) in [5.74, 6) is -0.192. The standard InChI is InChI=1S/C15H20N4O2.ClH/c1-2-21-14(20)12-9-15(5-6-17-12)13-4-3-11(10-16)19(13)8-7-18-15;/h3-4,12,17-18H,2,5-9H2,1H3;1H. The first-order valence-corrected chi connectivity index (χ1v) is 7.45. The highest BCUT2D eigenvalue weighted by Crippen LogP contribution is 2.36. The summed E-state index contributed by atoms with van der Waals surface area (Å²) in [6, 6.07) is 5.82. The Morgan fingerprint density at radius 2 is 2.36 bits per heavy atom. The topological polar surface area (TPSA) is 79.1 Å². The third-order valence-electron chi connectivity index (χ3n) is 4.45. The van der Waals surface area contributed by atoms with Crippen molar-refractivity contribution in [2.24, 2.45) is 0 Å². The van der Waals surface area contributed by atoms with Gasteiger partial charge in [-0.25, -0.2) is 0 Å². The monoisotopic (exact) mass is 324 g/mol. The fraction of sp³-hybridized carbons (Fsp3) is 0.600. The molecule has 0 aliphatic carbocycles. The van der Waals surface area contributed by atoms with Gasteiger partial charge in [0, 0.05) is 18.8 Å². The van der Waals surface area contributed by atoms with E-state index in [1.807, 2.05) is 19.1 Å². The van der Waals surface area contributed by atoms with Crippen molar-refractivity contribution in [1.29, 1.82) is 5.26 Å². The Balaban J connectivity index is 0.00000176. The van der Waals surface area contributed by atoms with Gasteiger partial charge in [-0.2, -0.15) is 5.26 Å². The average Bonchev–Trinajstić information content (AvgIpc) is 2.92. The lowest BCUT2D eigenvalue weighted by molar-refractivity contribution is -0.147. The minimum atomic E-state index is -0.293. The largest absolute Gasteiger partial charge is 0.465 e. The van der Waals surface area contributed by atoms with Crippen LogP contribution in [0, 0.1) is 11.3 Å². The molecule has 3 rings (SSSR count). The van der Waals surface area contributed by atoms with E-state index < -0.39 is 0 Å². The van der Waals surface area contributed by atoms with Crippen LogP contribution in [0.25, 0.3) is 0 Å². The first-order chi connectivity index (χ1) is 10.2. The van der Waals surface area contributed by atoms with Gasteiger partial charge in [0.05, 0.1) is 12.1 Å². The molecule has 0 saturated carbocycles. The smallest absolute Gasteiger partial charge is 0.323 e. The van der Waals surface area contributed by atoms with E-state index in [1.165, 1.54) is 0 Å². The molecule has 2 aliphatic rings. The predicted molar refractivity (Wildman–Crippen MR) is 83.7 cm³/mol. The fourth-order valence-corrected chi connectivity index (χ4v) is 3.51. The predicted octanol–water partition coefficient (Wildman–Crippen LogP) is 0.895. The molecule has 22 heavy (non-hydrogen) atoms. The minimum Gasteiger partial charge on any atom is -0.465 e. The third kappa shape index (κ3) is 2.72. The number of nitrogens with one attached hydrogen (secondary N) is 2. The SMILES string of the molecule is CCOC(=O)C1CC2(CCN1)NCCn1c(C#N)ccc12.Cl. The van der Waals surface area contributed by atoms with Crippen LogP contribution in [0.1, 0.15) is 31.2 Å². The fourth-order valence-electron chi connectivity index (χ4n) is 3.51. The average molecular weight is 325 g/mol. The van der Waals surface area contributed by atoms with E-state index in [9.17, 15) is 10.1 Å². The molecule has 1 saturated heterocycles. The van der Waals surface area contributed by atoms with Crippen LogP contribution < -0.4 is 10.6 Å². The van der Waals surface area contributed by atoms with Gasteiger partial charge in [0.1, 0.15) is 17.8 Å². The van der Waals surface area contributed by atoms with Crippen LogP contribution >= 0.6 is 12.4 Å². The molecule has 1 aromatic heterocycles. The molecule has 7 heteroatoms. The van der Waals surface area contributed by atoms with E-state index in [0.29, 0.717) is 18.7 Å². The number of piperidine rings is 1. The quantitative estimate of drug-likeness (QED) is 0.790. The van der Waals surface area contributed by atoms with Gasteiger partial charge in [-0.15, -0.1) is 12.4 Å². The van der Waals surface area contributed by atoms with Gasteiger partial charge >= 0.3 is 5.97 Å². The molecule has 0 radical (unpaired) electrons. The zero-order valence-corrected chi connectivity index (χ0v) is 13.4. The van der Waals surface area contributed by atoms with Crippen molar-refractivity contribution >= 4 is 18.4 Å². The van der Waals surface area contributed by atoms with Crippen molar-refractivity contribution < 1.29 is 9.53 Å². The first-order valence-electron chi connectivity index (χ1n) is 7.45. The molecular weight excluding hydrogens is 304 g/mol. The van der Waals surface area contributed by atoms with Crippen LogP contribution in [0.5, 0.6) is 0 Å². The summed E-state index contributed by atoms with van der Waals surface area (Å²) in [5, 5.41) is 16.0. The molecule has 2 atom stereocenters. The normalized spacial score (nSPS) is 26.6. The highest BCUT2D eigenvalue weighted by Gasteiger charge is 2.43. The van der Waals surface area contributed by atoms with E-state index in [0.717, 1.165) is 31.7 Å². The van der Waals surface area contributed by atoms with Crippen LogP contribution in [-0.4, -0.2) is 36.3 Å². The Hall–Kier alpha value is -1.55. The zero-order chi connectivity index (χ0) is 14.9. The molecule has 6 nitrogen and oxygen atoms in total. The van der Waals surface area contributed by atoms with Crippen LogP contribution in [0.3, 0.4) is 0 Å². The summed E-state index contributed by atoms with van der Waals surface area (Å²) in [4.78, 5) is 12.0. The number of nitriles is 1. The molecule has 2 aliphatic heterocycles. The van der Waals surface area contributed by atoms with E-state index in [1.54, 1.807) is 0 Å². The second kappa shape index (κ2) is 6.69. The number of carbonyl (C=O) groups is 1. The van der Waals surface area contributed by atoms with Crippen molar-refractivity contribution in [3.05, 3.63) is 23.5 Å². The highest BCUT2D eigenvalue weighted by molar-refractivity contribution is 5.85. The Labute approximate surface area is 136 Å². The summed E-state index contributed by atoms with van der Waals surface area (Å²) >= 11 is 0. The lowest BCUT2D eigenvalue weighted by Crippen LogP contribution is -2.59. The summed E-state index contributed by atoms with van der Waals surface area (Å²) in [7, 11) is 0. The van der Waals surface area contributed by atoms with Crippen molar-refractivity contribution in [1.82, 2.24) is 15.2 Å². The summed E-state index contributed by atoms with van der Waals surface area (Å²) in [5.41, 5.74) is 1.56. The summed E-state index contributed by atoms with van der Waals surface area (Å²) in [6.45, 7) is 4.58. The maximum absolute atomic E-state index is 12.0. The minimum absolute atomic E-state index is 0. The molecule has 1 fully saturated rings. The molecule has 1 spiro atoms. The zero-order valence-electron chi connectivity index (χ0n) is 12.6. The summed E-state index contributed by atoms with van der Waals surface area (Å²) < 4.78 is 7.21. The Morgan fingerprint density at radius 3 is 3.09 bits per heavy atom. The number of fused-ring (bicyclic) bond motifs is 2. The number of nitrogens with zero attached hydrogens (tertiary/aromatic N) is 2. The molecule has 0 amide bonds. The molecule has 120 valence electrons. The van der Waals surface area contributed by atoms with Gasteiger partial charge in [-0.1, -0.05) is 0 Å². The summed E-state index contributed by atoms with van der Waals surface area (Å²) in [6.07, 6.45) is 1.55. The second-order valence-corrected chi connectivity index (χ2v) is 5.59. The number of rotatable bonds is 2. The van der Waals surface area contributed by atoms with Crippen molar-refractivity contribution in [2.75, 3.05) is 19.7 Å². The number of ether oxygens (including phenoxy) is 1. The highest BCUT2D eigenvalue weighted by atomic mass is 35.5. The first kappa shape index (κ1) is 16.8. The Morgan fingerprint density at radius 1 is 1.55 bits per heavy atom. The van der Waals surface area contributed by atoms with Crippen molar-refractivity contribution in [3.63, 3.8) is 0 Å². The molecule has 2 N–H and O–H groups in total. The number of carbonyl (C=O) groups excluding carboxylic acids is 1. The van der Waals surface area contributed by atoms with Gasteiger partial charge in [0.2, 0.25) is 0 Å². The lowest BCUT2D eigenvalue weighted by atomic mass is 9.80. The molecule has 3 heterocycles. The number of aromatic nitrogens is 1. The molecule has 2 unspecified atom stereocenters. The Bertz CT molecular complexity index is 595. The van der Waals surface area contributed by atoms with E-state index in [4.69, 9.17) is 4.74 Å². The van der Waals surface area contributed by atoms with Crippen LogP contribution in [0.4, 0.5) is 0 Å². The van der Waals surface area contributed by atoms with E-state index in [2.05, 4.69) is 21.3 Å². The van der Waals surface area contributed by atoms with Crippen molar-refractivity contribution in [3.8, 4) is 6.07 Å². The lowest BCUT2D eigenvalue weighted by Gasteiger charge is -2.44. The van der Waals surface area contributed by atoms with Crippen LogP contribution in [0.2, 0.25) is 0 Å². The molecule has 0 bridgehead atoms. The van der Waals surface area contributed by atoms with E-state index in [-0.39, 0.29) is 30.0 Å². The Kier molecular flexibility index (Phi) is 5.12. The van der Waals surface area contributed by atoms with Gasteiger partial charge in [0.15, 0.2) is 0 Å². The number of hydrogen-bond donors (Lipinski definition) is 2. The number of halogens is 1. The third-order valence-corrected chi connectivity index (χ3v) is 4.45. The second-order valence-electron chi connectivity index (χ2n) is 5.59. The van der Waals surface area contributed by atoms with Crippen LogP contribution in [0.15, 0.2) is 12.1 Å². The maximum atomic E-state index is 12.0. The molecular formula is C15H21ClN4O2. The number of esters is 1. The van der Waals surface area contributed by atoms with Crippen LogP contribution in [-0.2, 0) is 21.6 Å². The number of hydrogen-bond acceptors (Lipinski definition) is 5. The van der Waals surface area contributed by atoms with Gasteiger partial charge in [-0.05, 0) is 38.4 Å². The van der Waals surface area contributed by atoms with Gasteiger partial charge in [-0.3, -0.25) is 4.79 Å². The van der Waals surface area contributed by atoms with Gasteiger partial charge < -0.3 is 19.9 Å². The maximum Gasteiger partial charge on any atom is 0.323 e. The van der Waals surface area contributed by atoms with Crippen molar-refractivity contribution in [2.45, 2.75) is 37.9 Å².